The molecule has 1 fully saturated rings. The molecule has 0 N–H and O–H groups in total. The van der Waals surface area contributed by atoms with Crippen molar-refractivity contribution in [3.8, 4) is 0 Å². The largest absolute Gasteiger partial charge is 0.624 e. The third-order valence-electron chi connectivity index (χ3n) is 2.56. The molecule has 0 saturated carbocycles. The van der Waals surface area contributed by atoms with Crippen LogP contribution in [0.4, 0.5) is 0 Å². The van der Waals surface area contributed by atoms with Gasteiger partial charge in [-0.2, -0.15) is 0 Å². The summed E-state index contributed by atoms with van der Waals surface area (Å²) in [6, 6.07) is 0. The predicted octanol–water partition coefficient (Wildman–Crippen LogP) is 0.929. The van der Waals surface area contributed by atoms with Crippen LogP contribution < -0.4 is 0 Å². The summed E-state index contributed by atoms with van der Waals surface area (Å²) in [5.74, 6) is 0.606. The van der Waals surface area contributed by atoms with Crippen molar-refractivity contribution < 1.29 is 4.74 Å². The van der Waals surface area contributed by atoms with Crippen LogP contribution in [0, 0.1) is 11.1 Å². The molecule has 0 aliphatic carbocycles. The van der Waals surface area contributed by atoms with Crippen LogP contribution in [-0.2, 0) is 0 Å². The van der Waals surface area contributed by atoms with Crippen LogP contribution in [0.15, 0.2) is 0 Å². The second kappa shape index (κ2) is 4.45. The summed E-state index contributed by atoms with van der Waals surface area (Å²) < 4.78 is 1.05. The molecule has 70 valence electrons. The van der Waals surface area contributed by atoms with E-state index in [4.69, 9.17) is 0 Å². The Morgan fingerprint density at radius 1 is 1.50 bits per heavy atom. The summed E-state index contributed by atoms with van der Waals surface area (Å²) in [5, 5.41) is 11.0. The zero-order valence-electron chi connectivity index (χ0n) is 7.99. The molecule has 0 aromatic rings. The lowest BCUT2D eigenvalue weighted by Gasteiger charge is -2.27. The van der Waals surface area contributed by atoms with Gasteiger partial charge in [0.15, 0.2) is 6.54 Å². The van der Waals surface area contributed by atoms with Gasteiger partial charge < -0.3 is 10.1 Å². The third-order valence-corrected chi connectivity index (χ3v) is 2.56. The maximum absolute atomic E-state index is 11.0. The van der Waals surface area contributed by atoms with Crippen molar-refractivity contribution in [3.63, 3.8) is 0 Å². The van der Waals surface area contributed by atoms with Crippen LogP contribution in [0.25, 0.3) is 0 Å². The molecule has 0 amide bonds. The van der Waals surface area contributed by atoms with Crippen molar-refractivity contribution in [2.24, 2.45) is 5.92 Å². The van der Waals surface area contributed by atoms with E-state index in [2.05, 4.69) is 11.9 Å². The molecule has 1 rings (SSSR count). The monoisotopic (exact) mass is 170 g/mol. The molecule has 1 heterocycles. The molecule has 1 aliphatic heterocycles. The average molecular weight is 170 g/mol. The molecule has 12 heavy (non-hydrogen) atoms. The van der Waals surface area contributed by atoms with Gasteiger partial charge in [0, 0.05) is 12.8 Å². The summed E-state index contributed by atoms with van der Waals surface area (Å²) in [7, 11) is 2.14. The van der Waals surface area contributed by atoms with E-state index in [0.29, 0.717) is 12.5 Å². The summed E-state index contributed by atoms with van der Waals surface area (Å²) in [5.41, 5.74) is 0. The molecular formula is C9H18N2O. The maximum atomic E-state index is 11.0. The standard InChI is InChI=1S/C9H18N2O/c1-3-11(12)8-9-4-6-10(2)7-5-9/h3,9H,4-8H2,1-2H3/b11-3-. The molecule has 1 aliphatic rings. The average Bonchev–Trinajstić information content (AvgIpc) is 2.09. The SMILES string of the molecule is C/C=[N+](\[O-])CC1CCN(C)CC1. The van der Waals surface area contributed by atoms with Crippen molar-refractivity contribution in [1.29, 1.82) is 0 Å². The Kier molecular flexibility index (Phi) is 3.53. The maximum Gasteiger partial charge on any atom is 0.155 e. The first-order valence-electron chi connectivity index (χ1n) is 4.64. The molecule has 0 aromatic heterocycles. The summed E-state index contributed by atoms with van der Waals surface area (Å²) in [6.07, 6.45) is 3.95. The van der Waals surface area contributed by atoms with Crippen LogP contribution in [0.5, 0.6) is 0 Å². The fourth-order valence-corrected chi connectivity index (χ4v) is 1.60. The lowest BCUT2D eigenvalue weighted by atomic mass is 9.97. The van der Waals surface area contributed by atoms with E-state index in [-0.39, 0.29) is 0 Å². The molecule has 3 heteroatoms. The number of hydrogen-bond donors (Lipinski definition) is 0. The Morgan fingerprint density at radius 2 is 2.08 bits per heavy atom. The zero-order chi connectivity index (χ0) is 8.97. The summed E-state index contributed by atoms with van der Waals surface area (Å²) in [4.78, 5) is 2.32. The van der Waals surface area contributed by atoms with Gasteiger partial charge in [-0.05, 0) is 33.0 Å². The first-order chi connectivity index (χ1) is 5.72. The van der Waals surface area contributed by atoms with Crippen LogP contribution in [0.2, 0.25) is 0 Å². The van der Waals surface area contributed by atoms with Gasteiger partial charge in [0.05, 0.1) is 0 Å². The predicted molar refractivity (Wildman–Crippen MR) is 50.5 cm³/mol. The normalized spacial score (nSPS) is 23.0. The van der Waals surface area contributed by atoms with Gasteiger partial charge in [-0.15, -0.1) is 0 Å². The highest BCUT2D eigenvalue weighted by molar-refractivity contribution is 5.46. The molecule has 0 spiro atoms. The highest BCUT2D eigenvalue weighted by Gasteiger charge is 2.18. The molecule has 0 atom stereocenters. The van der Waals surface area contributed by atoms with Crippen LogP contribution in [0.1, 0.15) is 19.8 Å². The van der Waals surface area contributed by atoms with Crippen molar-refractivity contribution in [2.45, 2.75) is 19.8 Å². The molecule has 0 radical (unpaired) electrons. The van der Waals surface area contributed by atoms with Crippen molar-refractivity contribution >= 4 is 6.21 Å². The fourth-order valence-electron chi connectivity index (χ4n) is 1.60. The molecule has 3 nitrogen and oxygen atoms in total. The second-order valence-electron chi connectivity index (χ2n) is 3.60. The number of rotatable bonds is 2. The van der Waals surface area contributed by atoms with E-state index < -0.39 is 0 Å². The van der Waals surface area contributed by atoms with Crippen LogP contribution in [-0.4, -0.2) is 42.5 Å². The minimum Gasteiger partial charge on any atom is -0.624 e. The van der Waals surface area contributed by atoms with Crippen molar-refractivity contribution in [1.82, 2.24) is 4.90 Å². The van der Waals surface area contributed by atoms with Gasteiger partial charge in [-0.25, -0.2) is 4.74 Å². The van der Waals surface area contributed by atoms with Gasteiger partial charge in [0.2, 0.25) is 0 Å². The van der Waals surface area contributed by atoms with Crippen LogP contribution in [0.3, 0.4) is 0 Å². The topological polar surface area (TPSA) is 29.3 Å². The van der Waals surface area contributed by atoms with E-state index in [1.165, 1.54) is 12.8 Å². The van der Waals surface area contributed by atoms with Gasteiger partial charge in [0.1, 0.15) is 6.21 Å². The first kappa shape index (κ1) is 9.52. The number of piperidine rings is 1. The molecule has 0 bridgehead atoms. The van der Waals surface area contributed by atoms with Gasteiger partial charge in [-0.3, -0.25) is 0 Å². The second-order valence-corrected chi connectivity index (χ2v) is 3.60. The van der Waals surface area contributed by atoms with Crippen LogP contribution >= 0.6 is 0 Å². The van der Waals surface area contributed by atoms with Crippen molar-refractivity contribution in [3.05, 3.63) is 5.21 Å². The molecule has 0 aromatic carbocycles. The van der Waals surface area contributed by atoms with Crippen molar-refractivity contribution in [2.75, 3.05) is 26.7 Å². The fraction of sp³-hybridized carbons (Fsp3) is 0.889. The lowest BCUT2D eigenvalue weighted by Crippen LogP contribution is -2.33. The smallest absolute Gasteiger partial charge is 0.155 e. The molecule has 1 saturated heterocycles. The zero-order valence-corrected chi connectivity index (χ0v) is 7.99. The Hall–Kier alpha value is -0.570. The quantitative estimate of drug-likeness (QED) is 0.267. The van der Waals surface area contributed by atoms with Gasteiger partial charge in [0.25, 0.3) is 0 Å². The van der Waals surface area contributed by atoms with E-state index in [9.17, 15) is 5.21 Å². The summed E-state index contributed by atoms with van der Waals surface area (Å²) in [6.45, 7) is 4.76. The van der Waals surface area contributed by atoms with E-state index in [0.717, 1.165) is 17.8 Å². The first-order valence-corrected chi connectivity index (χ1v) is 4.64. The number of nitrogens with zero attached hydrogens (tertiary/aromatic N) is 2. The number of hydrogen-bond acceptors (Lipinski definition) is 2. The Morgan fingerprint density at radius 3 is 2.58 bits per heavy atom. The highest BCUT2D eigenvalue weighted by atomic mass is 16.5. The number of hydroxylamine groups is 1. The highest BCUT2D eigenvalue weighted by Crippen LogP contribution is 2.15. The number of likely N-dealkylation sites (tertiary alicyclic amines) is 1. The minimum atomic E-state index is 0.606. The van der Waals surface area contributed by atoms with Gasteiger partial charge in [-0.1, -0.05) is 0 Å². The van der Waals surface area contributed by atoms with E-state index in [1.807, 2.05) is 0 Å². The van der Waals surface area contributed by atoms with Gasteiger partial charge >= 0.3 is 0 Å². The summed E-state index contributed by atoms with van der Waals surface area (Å²) >= 11 is 0. The Bertz CT molecular complexity index is 160. The lowest BCUT2D eigenvalue weighted by molar-refractivity contribution is -0.463. The molecular weight excluding hydrogens is 152 g/mol. The third kappa shape index (κ3) is 2.81. The Balaban J connectivity index is 2.26. The Labute approximate surface area is 74.3 Å². The molecule has 0 unspecified atom stereocenters. The minimum absolute atomic E-state index is 0.606. The van der Waals surface area contributed by atoms with E-state index in [1.54, 1.807) is 13.1 Å². The van der Waals surface area contributed by atoms with E-state index >= 15 is 0 Å².